The van der Waals surface area contributed by atoms with Crippen LogP contribution >= 0.6 is 0 Å². The number of carbonyl (C=O) groups excluding carboxylic acids is 1. The van der Waals surface area contributed by atoms with E-state index >= 15 is 0 Å². The molecule has 0 saturated heterocycles. The number of hydrogen-bond donors (Lipinski definition) is 1. The largest absolute Gasteiger partial charge is 0.481 e. The van der Waals surface area contributed by atoms with Gasteiger partial charge in [0.1, 0.15) is 6.10 Å². The monoisotopic (exact) mass is 637 g/mol. The van der Waals surface area contributed by atoms with E-state index in [2.05, 4.69) is 98.9 Å². The van der Waals surface area contributed by atoms with Crippen molar-refractivity contribution >= 4 is 11.9 Å². The van der Waals surface area contributed by atoms with Crippen LogP contribution in [0.15, 0.2) is 85.1 Å². The van der Waals surface area contributed by atoms with Gasteiger partial charge < -0.3 is 9.84 Å². The molecule has 1 atom stereocenters. The average molecular weight is 637 g/mol. The SMILES string of the molecule is CC/C=C\C/C=C\C/C=C\C/C=C\C(CCCCCCCC(=O)O)OC(=O)CCCCCCCCC/C=C\C/C=C\C/C=C\CC. The third-order valence-electron chi connectivity index (χ3n) is 7.60. The number of allylic oxidation sites excluding steroid dienone is 13. The first-order valence-corrected chi connectivity index (χ1v) is 18.6. The van der Waals surface area contributed by atoms with Crippen molar-refractivity contribution in [1.29, 1.82) is 0 Å². The Morgan fingerprint density at radius 2 is 0.913 bits per heavy atom. The molecule has 0 aromatic rings. The van der Waals surface area contributed by atoms with E-state index in [0.29, 0.717) is 6.42 Å². The highest BCUT2D eigenvalue weighted by molar-refractivity contribution is 5.69. The first kappa shape index (κ1) is 43.1. The van der Waals surface area contributed by atoms with Crippen LogP contribution in [0.1, 0.15) is 162 Å². The zero-order valence-electron chi connectivity index (χ0n) is 29.6. The second-order valence-electron chi connectivity index (χ2n) is 12.0. The van der Waals surface area contributed by atoms with E-state index in [9.17, 15) is 9.59 Å². The van der Waals surface area contributed by atoms with Gasteiger partial charge >= 0.3 is 11.9 Å². The van der Waals surface area contributed by atoms with Crippen LogP contribution in [0.3, 0.4) is 0 Å². The molecule has 46 heavy (non-hydrogen) atoms. The summed E-state index contributed by atoms with van der Waals surface area (Å²) in [4.78, 5) is 23.3. The molecule has 0 bridgehead atoms. The average Bonchev–Trinajstić information content (AvgIpc) is 3.04. The van der Waals surface area contributed by atoms with E-state index in [1.165, 1.54) is 38.5 Å². The summed E-state index contributed by atoms with van der Waals surface area (Å²) in [7, 11) is 0. The van der Waals surface area contributed by atoms with Crippen molar-refractivity contribution in [3.63, 3.8) is 0 Å². The summed E-state index contributed by atoms with van der Waals surface area (Å²) in [6.07, 6.45) is 53.2. The van der Waals surface area contributed by atoms with Gasteiger partial charge in [-0.25, -0.2) is 0 Å². The topological polar surface area (TPSA) is 63.6 Å². The molecule has 4 nitrogen and oxygen atoms in total. The van der Waals surface area contributed by atoms with Crippen molar-refractivity contribution in [2.45, 2.75) is 168 Å². The molecule has 0 spiro atoms. The minimum Gasteiger partial charge on any atom is -0.481 e. The summed E-state index contributed by atoms with van der Waals surface area (Å²) in [5, 5.41) is 8.80. The van der Waals surface area contributed by atoms with E-state index in [4.69, 9.17) is 9.84 Å². The molecule has 0 saturated carbocycles. The molecule has 0 heterocycles. The number of carboxylic acid groups (broad SMARTS) is 1. The molecule has 0 radical (unpaired) electrons. The number of carbonyl (C=O) groups is 2. The zero-order valence-corrected chi connectivity index (χ0v) is 29.6. The Kier molecular flexibility index (Phi) is 34.3. The van der Waals surface area contributed by atoms with E-state index in [1.807, 2.05) is 0 Å². The lowest BCUT2D eigenvalue weighted by atomic mass is 10.1. The maximum absolute atomic E-state index is 12.6. The van der Waals surface area contributed by atoms with Gasteiger partial charge in [-0.05, 0) is 89.5 Å². The molecule has 1 N–H and O–H groups in total. The Labute approximate surface area is 283 Å². The summed E-state index contributed by atoms with van der Waals surface area (Å²) in [6, 6.07) is 0. The molecule has 0 fully saturated rings. The van der Waals surface area contributed by atoms with Gasteiger partial charge in [-0.1, -0.05) is 144 Å². The van der Waals surface area contributed by atoms with Gasteiger partial charge in [0.05, 0.1) is 0 Å². The fourth-order valence-corrected chi connectivity index (χ4v) is 4.93. The summed E-state index contributed by atoms with van der Waals surface area (Å²) >= 11 is 0. The lowest BCUT2D eigenvalue weighted by molar-refractivity contribution is -0.147. The molecule has 0 rings (SSSR count). The highest BCUT2D eigenvalue weighted by Gasteiger charge is 2.11. The van der Waals surface area contributed by atoms with Crippen LogP contribution < -0.4 is 0 Å². The number of esters is 1. The van der Waals surface area contributed by atoms with Gasteiger partial charge in [0.2, 0.25) is 0 Å². The number of rotatable bonds is 32. The number of unbranched alkanes of at least 4 members (excludes halogenated alkanes) is 11. The molecule has 4 heteroatoms. The first-order valence-electron chi connectivity index (χ1n) is 18.6. The van der Waals surface area contributed by atoms with Crippen molar-refractivity contribution in [3.8, 4) is 0 Å². The minimum atomic E-state index is -0.722. The van der Waals surface area contributed by atoms with Crippen molar-refractivity contribution in [3.05, 3.63) is 85.1 Å². The van der Waals surface area contributed by atoms with Gasteiger partial charge in [0.15, 0.2) is 0 Å². The summed E-state index contributed by atoms with van der Waals surface area (Å²) in [6.45, 7) is 4.31. The molecule has 0 aliphatic rings. The smallest absolute Gasteiger partial charge is 0.306 e. The fourth-order valence-electron chi connectivity index (χ4n) is 4.93. The predicted molar refractivity (Wildman–Crippen MR) is 199 cm³/mol. The van der Waals surface area contributed by atoms with Gasteiger partial charge in [-0.3, -0.25) is 9.59 Å². The molecule has 260 valence electrons. The van der Waals surface area contributed by atoms with Gasteiger partial charge in [0, 0.05) is 12.8 Å². The second-order valence-corrected chi connectivity index (χ2v) is 12.0. The van der Waals surface area contributed by atoms with E-state index in [-0.39, 0.29) is 18.5 Å². The molecule has 0 aromatic carbocycles. The summed E-state index contributed by atoms with van der Waals surface area (Å²) in [5.41, 5.74) is 0. The van der Waals surface area contributed by atoms with Crippen LogP contribution in [-0.4, -0.2) is 23.1 Å². The van der Waals surface area contributed by atoms with Gasteiger partial charge in [0.25, 0.3) is 0 Å². The zero-order chi connectivity index (χ0) is 33.6. The maximum atomic E-state index is 12.6. The highest BCUT2D eigenvalue weighted by Crippen LogP contribution is 2.15. The Morgan fingerprint density at radius 3 is 1.43 bits per heavy atom. The lowest BCUT2D eigenvalue weighted by Crippen LogP contribution is -2.16. The van der Waals surface area contributed by atoms with Crippen LogP contribution in [0, 0.1) is 0 Å². The standard InChI is InChI=1S/C42H68O4/c1-3-5-7-9-11-13-15-16-17-18-19-20-22-24-26-31-35-39-42(45)46-40(37-33-29-27-30-34-38-41(43)44)36-32-28-25-23-21-14-12-10-8-6-4-2/h5-8,11-14,16-17,23,25,32,36,40H,3-4,9-10,15,18-22,24,26-31,33-35,37-39H2,1-2H3,(H,43,44)/b7-5-,8-6-,13-11-,14-12-,17-16-,25-23-,36-32-. The van der Waals surface area contributed by atoms with Crippen molar-refractivity contribution < 1.29 is 19.4 Å². The molecule has 0 aliphatic heterocycles. The number of ether oxygens (including phenoxy) is 1. The fraction of sp³-hybridized carbons (Fsp3) is 0.619. The maximum Gasteiger partial charge on any atom is 0.306 e. The second kappa shape index (κ2) is 36.6. The van der Waals surface area contributed by atoms with Crippen molar-refractivity contribution in [1.82, 2.24) is 0 Å². The molecular weight excluding hydrogens is 568 g/mol. The van der Waals surface area contributed by atoms with Crippen molar-refractivity contribution in [2.24, 2.45) is 0 Å². The van der Waals surface area contributed by atoms with Crippen LogP contribution in [0.25, 0.3) is 0 Å². The van der Waals surface area contributed by atoms with Crippen LogP contribution in [0.5, 0.6) is 0 Å². The van der Waals surface area contributed by atoms with E-state index in [1.54, 1.807) is 0 Å². The Balaban J connectivity index is 4.20. The summed E-state index contributed by atoms with van der Waals surface area (Å²) in [5.74, 6) is -0.812. The third-order valence-corrected chi connectivity index (χ3v) is 7.60. The predicted octanol–water partition coefficient (Wildman–Crippen LogP) is 12.9. The lowest BCUT2D eigenvalue weighted by Gasteiger charge is -2.14. The Bertz CT molecular complexity index is 903. The number of aliphatic carboxylic acids is 1. The molecule has 0 aliphatic carbocycles. The van der Waals surface area contributed by atoms with Crippen LogP contribution in [-0.2, 0) is 14.3 Å². The normalized spacial score (nSPS) is 13.3. The molecular formula is C42H68O4. The number of hydrogen-bond acceptors (Lipinski definition) is 3. The Morgan fingerprint density at radius 1 is 0.500 bits per heavy atom. The highest BCUT2D eigenvalue weighted by atomic mass is 16.5. The van der Waals surface area contributed by atoms with E-state index < -0.39 is 5.97 Å². The van der Waals surface area contributed by atoms with Crippen LogP contribution in [0.2, 0.25) is 0 Å². The molecule has 0 amide bonds. The van der Waals surface area contributed by atoms with Crippen LogP contribution in [0.4, 0.5) is 0 Å². The number of carboxylic acids is 1. The van der Waals surface area contributed by atoms with E-state index in [0.717, 1.165) is 96.3 Å². The van der Waals surface area contributed by atoms with Gasteiger partial charge in [-0.15, -0.1) is 0 Å². The van der Waals surface area contributed by atoms with Crippen molar-refractivity contribution in [2.75, 3.05) is 0 Å². The molecule has 0 aromatic heterocycles. The first-order chi connectivity index (χ1) is 22.6. The quantitative estimate of drug-likeness (QED) is 0.0453. The minimum absolute atomic E-state index is 0.0898. The third kappa shape index (κ3) is 35.6. The molecule has 1 unspecified atom stereocenters. The Hall–Kier alpha value is -2.88. The summed E-state index contributed by atoms with van der Waals surface area (Å²) < 4.78 is 5.87. The van der Waals surface area contributed by atoms with Gasteiger partial charge in [-0.2, -0.15) is 0 Å².